The lowest BCUT2D eigenvalue weighted by molar-refractivity contribution is 0.618. The highest BCUT2D eigenvalue weighted by Gasteiger charge is 2.24. The van der Waals surface area contributed by atoms with Crippen molar-refractivity contribution in [3.63, 3.8) is 0 Å². The predicted molar refractivity (Wildman–Crippen MR) is 124 cm³/mol. The van der Waals surface area contributed by atoms with E-state index in [1.165, 1.54) is 23.1 Å². The summed E-state index contributed by atoms with van der Waals surface area (Å²) in [4.78, 5) is 5.94. The molecule has 1 aromatic heterocycles. The molecule has 29 heavy (non-hydrogen) atoms. The third-order valence-corrected chi connectivity index (χ3v) is 6.50. The first-order valence-electron chi connectivity index (χ1n) is 9.93. The lowest BCUT2D eigenvalue weighted by atomic mass is 10.1. The van der Waals surface area contributed by atoms with Crippen LogP contribution in [0.25, 0.3) is 10.6 Å². The number of benzene rings is 2. The van der Waals surface area contributed by atoms with Gasteiger partial charge in [-0.15, -0.1) is 11.3 Å². The zero-order valence-electron chi connectivity index (χ0n) is 17.8. The minimum Gasteiger partial charge on any atom is -0.310 e. The van der Waals surface area contributed by atoms with Crippen LogP contribution in [0, 0.1) is 25.5 Å². The molecule has 0 aliphatic carbocycles. The lowest BCUT2D eigenvalue weighted by Crippen LogP contribution is -2.19. The minimum absolute atomic E-state index is 0.184. The molecule has 0 spiro atoms. The fourth-order valence-corrected chi connectivity index (χ4v) is 5.34. The van der Waals surface area contributed by atoms with Gasteiger partial charge in [-0.3, -0.25) is 0 Å². The molecule has 0 radical (unpaired) electrons. The number of fused-ring (bicyclic) bond motifs is 1. The first-order chi connectivity index (χ1) is 14.0. The van der Waals surface area contributed by atoms with Gasteiger partial charge in [-0.2, -0.15) is 0 Å². The Morgan fingerprint density at radius 1 is 1.00 bits per heavy atom. The maximum absolute atomic E-state index is 13.9. The number of nitrogens with zero attached hydrogens (tertiary/aromatic N) is 2. The first kappa shape index (κ1) is 23.4. The fourth-order valence-electron chi connectivity index (χ4n) is 2.94. The predicted octanol–water partition coefficient (Wildman–Crippen LogP) is 7.93. The highest BCUT2D eigenvalue weighted by Crippen LogP contribution is 2.40. The van der Waals surface area contributed by atoms with Crippen LogP contribution in [0.1, 0.15) is 49.4 Å². The fraction of sp³-hybridized carbons (Fsp3) is 0.348. The van der Waals surface area contributed by atoms with E-state index in [1.807, 2.05) is 40.7 Å². The number of rotatable bonds is 2. The van der Waals surface area contributed by atoms with E-state index in [0.717, 1.165) is 33.3 Å². The molecule has 1 aliphatic heterocycles. The van der Waals surface area contributed by atoms with Crippen molar-refractivity contribution in [1.82, 2.24) is 4.98 Å². The molecule has 0 amide bonds. The van der Waals surface area contributed by atoms with E-state index >= 15 is 0 Å². The van der Waals surface area contributed by atoms with Crippen LogP contribution >= 0.6 is 23.3 Å². The molecule has 3 aromatic rings. The number of hydrogen-bond acceptors (Lipinski definition) is 4. The number of aryl methyl sites for hydroxylation is 1. The molecule has 6 heteroatoms. The van der Waals surface area contributed by atoms with Gasteiger partial charge in [-0.25, -0.2) is 13.8 Å². The van der Waals surface area contributed by atoms with E-state index in [0.29, 0.717) is 12.1 Å². The van der Waals surface area contributed by atoms with Gasteiger partial charge in [0.25, 0.3) is 0 Å². The first-order valence-corrected chi connectivity index (χ1v) is 11.7. The lowest BCUT2D eigenvalue weighted by Gasteiger charge is -2.28. The summed E-state index contributed by atoms with van der Waals surface area (Å²) in [6, 6.07) is 9.97. The number of aromatic nitrogens is 1. The summed E-state index contributed by atoms with van der Waals surface area (Å²) >= 11 is 3.28. The number of thiazole rings is 1. The summed E-state index contributed by atoms with van der Waals surface area (Å²) in [5.41, 5.74) is 4.50. The normalized spacial score (nSPS) is 12.3. The van der Waals surface area contributed by atoms with Crippen LogP contribution in [0.15, 0.2) is 36.4 Å². The second-order valence-corrected chi connectivity index (χ2v) is 8.11. The third-order valence-electron chi connectivity index (χ3n) is 4.35. The molecule has 0 N–H and O–H groups in total. The van der Waals surface area contributed by atoms with Crippen LogP contribution in [0.3, 0.4) is 0 Å². The third kappa shape index (κ3) is 5.17. The van der Waals surface area contributed by atoms with Crippen LogP contribution in [0.2, 0.25) is 0 Å². The van der Waals surface area contributed by atoms with E-state index in [9.17, 15) is 8.78 Å². The zero-order valence-corrected chi connectivity index (χ0v) is 19.5. The molecular weight excluding hydrogens is 406 g/mol. The molecule has 0 saturated heterocycles. The topological polar surface area (TPSA) is 16.1 Å². The summed E-state index contributed by atoms with van der Waals surface area (Å²) in [7, 11) is 0. The molecule has 0 fully saturated rings. The summed E-state index contributed by atoms with van der Waals surface area (Å²) in [5, 5.41) is 0.918. The number of hydrogen-bond donors (Lipinski definition) is 0. The molecule has 0 atom stereocenters. The van der Waals surface area contributed by atoms with Gasteiger partial charge in [0.2, 0.25) is 0 Å². The van der Waals surface area contributed by atoms with Crippen molar-refractivity contribution >= 4 is 29.0 Å². The monoisotopic (exact) mass is 434 g/mol. The summed E-state index contributed by atoms with van der Waals surface area (Å²) < 4.78 is 29.3. The van der Waals surface area contributed by atoms with Crippen LogP contribution in [-0.4, -0.2) is 4.98 Å². The Kier molecular flexibility index (Phi) is 8.65. The molecule has 0 saturated carbocycles. The highest BCUT2D eigenvalue weighted by molar-refractivity contribution is 7.99. The summed E-state index contributed by atoms with van der Waals surface area (Å²) in [5.74, 6) is 0.337. The zero-order chi connectivity index (χ0) is 21.6. The average Bonchev–Trinajstić information content (AvgIpc) is 3.16. The van der Waals surface area contributed by atoms with Gasteiger partial charge < -0.3 is 4.31 Å². The van der Waals surface area contributed by atoms with Gasteiger partial charge in [0.1, 0.15) is 16.6 Å². The van der Waals surface area contributed by atoms with E-state index < -0.39 is 0 Å². The van der Waals surface area contributed by atoms with Crippen LogP contribution in [0.5, 0.6) is 0 Å². The average molecular weight is 435 g/mol. The van der Waals surface area contributed by atoms with Crippen molar-refractivity contribution in [1.29, 1.82) is 0 Å². The Hall–Kier alpha value is -1.92. The molecule has 2 heterocycles. The summed E-state index contributed by atoms with van der Waals surface area (Å²) in [6.45, 7) is 12.4. The Balaban J connectivity index is 0.000000707. The SMILES string of the molecule is CC.CC.Cc1cc(F)ccc1-c1nc2c(s1)CN(c1cccc(F)c1C)SC2. The molecule has 0 bridgehead atoms. The molecule has 4 rings (SSSR count). The number of anilines is 1. The number of halogens is 2. The Morgan fingerprint density at radius 2 is 1.72 bits per heavy atom. The van der Waals surface area contributed by atoms with Gasteiger partial charge in [0, 0.05) is 16.0 Å². The summed E-state index contributed by atoms with van der Waals surface area (Å²) in [6.07, 6.45) is 0. The van der Waals surface area contributed by atoms with Crippen molar-refractivity contribution in [3.05, 3.63) is 69.7 Å². The molecule has 0 unspecified atom stereocenters. The molecule has 156 valence electrons. The molecular formula is C23H28F2N2S2. The Bertz CT molecular complexity index is 954. The quantitative estimate of drug-likeness (QED) is 0.381. The second-order valence-electron chi connectivity index (χ2n) is 6.04. The van der Waals surface area contributed by atoms with Gasteiger partial charge in [-0.1, -0.05) is 33.8 Å². The largest absolute Gasteiger partial charge is 0.310 e. The van der Waals surface area contributed by atoms with E-state index in [2.05, 4.69) is 4.31 Å². The van der Waals surface area contributed by atoms with Crippen molar-refractivity contribution in [2.75, 3.05) is 4.31 Å². The van der Waals surface area contributed by atoms with E-state index in [1.54, 1.807) is 42.3 Å². The van der Waals surface area contributed by atoms with Crippen LogP contribution in [-0.2, 0) is 12.3 Å². The Labute approximate surface area is 181 Å². The maximum Gasteiger partial charge on any atom is 0.128 e. The van der Waals surface area contributed by atoms with Gasteiger partial charge >= 0.3 is 0 Å². The van der Waals surface area contributed by atoms with Gasteiger partial charge in [-0.05, 0) is 61.7 Å². The smallest absolute Gasteiger partial charge is 0.128 e. The second kappa shape index (κ2) is 10.7. The minimum atomic E-state index is -0.231. The van der Waals surface area contributed by atoms with Gasteiger partial charge in [0.15, 0.2) is 0 Å². The van der Waals surface area contributed by atoms with Gasteiger partial charge in [0.05, 0.1) is 23.7 Å². The highest BCUT2D eigenvalue weighted by atomic mass is 32.2. The van der Waals surface area contributed by atoms with Crippen molar-refractivity contribution in [3.8, 4) is 10.6 Å². The standard InChI is InChI=1S/C19H16F2N2S2.2C2H6/c1-11-8-13(20)6-7-14(11)19-22-16-10-24-23(9-18(16)25-19)17-5-3-4-15(21)12(17)2;2*1-2/h3-8H,9-10H2,1-2H3;2*1-2H3. The van der Waals surface area contributed by atoms with Crippen molar-refractivity contribution in [2.24, 2.45) is 0 Å². The van der Waals surface area contributed by atoms with Crippen LogP contribution < -0.4 is 4.31 Å². The van der Waals surface area contributed by atoms with E-state index in [-0.39, 0.29) is 11.6 Å². The molecule has 2 aromatic carbocycles. The molecule has 1 aliphatic rings. The maximum atomic E-state index is 13.9. The van der Waals surface area contributed by atoms with Crippen molar-refractivity contribution < 1.29 is 8.78 Å². The van der Waals surface area contributed by atoms with Crippen molar-refractivity contribution in [2.45, 2.75) is 53.8 Å². The molecule has 2 nitrogen and oxygen atoms in total. The van der Waals surface area contributed by atoms with E-state index in [4.69, 9.17) is 4.98 Å². The Morgan fingerprint density at radius 3 is 2.41 bits per heavy atom. The van der Waals surface area contributed by atoms with Crippen LogP contribution in [0.4, 0.5) is 14.5 Å².